The van der Waals surface area contributed by atoms with E-state index in [0.717, 1.165) is 6.07 Å². The van der Waals surface area contributed by atoms with E-state index in [9.17, 15) is 18.3 Å². The van der Waals surface area contributed by atoms with Gasteiger partial charge in [-0.15, -0.1) is 0 Å². The maximum absolute atomic E-state index is 10.8. The molecule has 0 heterocycles. The minimum atomic E-state index is -4.38. The van der Waals surface area contributed by atoms with Gasteiger partial charge < -0.3 is 9.90 Å². The predicted octanol–water partition coefficient (Wildman–Crippen LogP) is -3.14. The molecule has 82 valence electrons. The standard InChI is InChI=1S/C9H10O5S.Na/c1-2-6-3-7(9(10)11)5-8(4-6)15(12,13)14;/h3-5H,2H2,1H3,(H,10,11)(H,12,13,14);/q;+1/p-1. The molecular formula is C9H9NaO5S. The molecule has 1 rings (SSSR count). The molecule has 7 heteroatoms. The summed E-state index contributed by atoms with van der Waals surface area (Å²) in [4.78, 5) is 10.1. The first-order chi connectivity index (χ1) is 6.84. The Hall–Kier alpha value is -0.400. The van der Waals surface area contributed by atoms with Gasteiger partial charge in [-0.2, -0.15) is 8.42 Å². The Morgan fingerprint density at radius 3 is 2.31 bits per heavy atom. The summed E-state index contributed by atoms with van der Waals surface area (Å²) in [7, 11) is -4.38. The molecule has 0 amide bonds. The summed E-state index contributed by atoms with van der Waals surface area (Å²) in [5.41, 5.74) is 0.242. The van der Waals surface area contributed by atoms with Crippen LogP contribution in [0.5, 0.6) is 0 Å². The third-order valence-corrected chi connectivity index (χ3v) is 2.74. The van der Waals surface area contributed by atoms with E-state index < -0.39 is 21.0 Å². The zero-order chi connectivity index (χ0) is 11.6. The fraction of sp³-hybridized carbons (Fsp3) is 0.222. The molecule has 0 aliphatic heterocycles. The Balaban J connectivity index is 0.00000225. The first-order valence-electron chi connectivity index (χ1n) is 4.17. The zero-order valence-electron chi connectivity index (χ0n) is 8.93. The van der Waals surface area contributed by atoms with Gasteiger partial charge in [0, 0.05) is 0 Å². The van der Waals surface area contributed by atoms with Gasteiger partial charge in [0.25, 0.3) is 10.1 Å². The van der Waals surface area contributed by atoms with E-state index in [0.29, 0.717) is 12.0 Å². The number of aromatic carboxylic acids is 1. The zero-order valence-corrected chi connectivity index (χ0v) is 11.7. The van der Waals surface area contributed by atoms with Crippen molar-refractivity contribution < 1.29 is 52.4 Å². The van der Waals surface area contributed by atoms with Gasteiger partial charge in [0.15, 0.2) is 0 Å². The monoisotopic (exact) mass is 252 g/mol. The van der Waals surface area contributed by atoms with Crippen molar-refractivity contribution in [2.75, 3.05) is 0 Å². The quantitative estimate of drug-likeness (QED) is 0.453. The number of carboxylic acids is 1. The van der Waals surface area contributed by atoms with Gasteiger partial charge in [0.2, 0.25) is 0 Å². The molecule has 0 aliphatic carbocycles. The first-order valence-corrected chi connectivity index (χ1v) is 5.61. The molecule has 0 bridgehead atoms. The van der Waals surface area contributed by atoms with Crippen molar-refractivity contribution in [3.05, 3.63) is 29.3 Å². The van der Waals surface area contributed by atoms with Gasteiger partial charge in [0.1, 0.15) is 0 Å². The first kappa shape index (κ1) is 15.6. The fourth-order valence-electron chi connectivity index (χ4n) is 1.13. The second-order valence-corrected chi connectivity index (χ2v) is 4.40. The van der Waals surface area contributed by atoms with Crippen LogP contribution in [0.15, 0.2) is 23.1 Å². The minimum Gasteiger partial charge on any atom is -0.545 e. The van der Waals surface area contributed by atoms with Crippen molar-refractivity contribution in [1.82, 2.24) is 0 Å². The predicted molar refractivity (Wildman–Crippen MR) is 50.0 cm³/mol. The summed E-state index contributed by atoms with van der Waals surface area (Å²) in [6, 6.07) is 3.40. The topological polar surface area (TPSA) is 94.5 Å². The van der Waals surface area contributed by atoms with Gasteiger partial charge >= 0.3 is 29.6 Å². The van der Waals surface area contributed by atoms with E-state index in [-0.39, 0.29) is 35.1 Å². The molecule has 0 aromatic heterocycles. The Kier molecular flexibility index (Phi) is 5.64. The summed E-state index contributed by atoms with van der Waals surface area (Å²) in [6.45, 7) is 1.74. The van der Waals surface area contributed by atoms with Crippen LogP contribution in [0.2, 0.25) is 0 Å². The number of hydrogen-bond acceptors (Lipinski definition) is 4. The number of hydrogen-bond donors (Lipinski definition) is 1. The second kappa shape index (κ2) is 5.79. The SMILES string of the molecule is CCc1cc(C(=O)[O-])cc(S(=O)(=O)O)c1.[Na+]. The van der Waals surface area contributed by atoms with E-state index in [4.69, 9.17) is 4.55 Å². The molecule has 0 atom stereocenters. The number of rotatable bonds is 3. The molecule has 16 heavy (non-hydrogen) atoms. The smallest absolute Gasteiger partial charge is 0.545 e. The van der Waals surface area contributed by atoms with Gasteiger partial charge in [-0.25, -0.2) is 0 Å². The van der Waals surface area contributed by atoms with E-state index in [1.54, 1.807) is 6.92 Å². The van der Waals surface area contributed by atoms with Gasteiger partial charge in [-0.1, -0.05) is 6.92 Å². The molecule has 0 fully saturated rings. The molecule has 1 N–H and O–H groups in total. The molecule has 0 radical (unpaired) electrons. The molecule has 0 saturated carbocycles. The van der Waals surface area contributed by atoms with Crippen LogP contribution in [-0.4, -0.2) is 18.9 Å². The summed E-state index contributed by atoms with van der Waals surface area (Å²) in [5.74, 6) is -1.48. The average molecular weight is 252 g/mol. The summed E-state index contributed by atoms with van der Waals surface area (Å²) in [5, 5.41) is 10.6. The van der Waals surface area contributed by atoms with Crippen molar-refractivity contribution in [3.63, 3.8) is 0 Å². The second-order valence-electron chi connectivity index (χ2n) is 2.98. The Morgan fingerprint density at radius 2 is 1.94 bits per heavy atom. The molecule has 5 nitrogen and oxygen atoms in total. The van der Waals surface area contributed by atoms with Crippen LogP contribution < -0.4 is 34.7 Å². The number of carboxylic acid groups (broad SMARTS) is 1. The molecule has 0 spiro atoms. The number of benzene rings is 1. The van der Waals surface area contributed by atoms with Crippen LogP contribution in [0.25, 0.3) is 0 Å². The van der Waals surface area contributed by atoms with Crippen LogP contribution in [0.4, 0.5) is 0 Å². The van der Waals surface area contributed by atoms with Gasteiger partial charge in [0.05, 0.1) is 10.9 Å². The van der Waals surface area contributed by atoms with Crippen molar-refractivity contribution in [3.8, 4) is 0 Å². The van der Waals surface area contributed by atoms with E-state index >= 15 is 0 Å². The van der Waals surface area contributed by atoms with Crippen LogP contribution in [-0.2, 0) is 16.5 Å². The minimum absolute atomic E-state index is 0. The number of carbonyl (C=O) groups is 1. The Labute approximate surface area is 116 Å². The molecule has 0 saturated heterocycles. The summed E-state index contributed by atoms with van der Waals surface area (Å²) in [6.07, 6.45) is 0.462. The Bertz CT molecular complexity index is 495. The molecule has 1 aromatic carbocycles. The van der Waals surface area contributed by atoms with Crippen LogP contribution in [0.3, 0.4) is 0 Å². The fourth-order valence-corrected chi connectivity index (χ4v) is 1.71. The van der Waals surface area contributed by atoms with Crippen molar-refractivity contribution in [1.29, 1.82) is 0 Å². The molecule has 0 unspecified atom stereocenters. The maximum atomic E-state index is 10.8. The van der Waals surface area contributed by atoms with E-state index in [1.807, 2.05) is 0 Å². The molecule has 1 aromatic rings. The van der Waals surface area contributed by atoms with Crippen molar-refractivity contribution in [2.45, 2.75) is 18.2 Å². The van der Waals surface area contributed by atoms with Gasteiger partial charge in [-0.3, -0.25) is 4.55 Å². The van der Waals surface area contributed by atoms with Gasteiger partial charge in [-0.05, 0) is 35.7 Å². The van der Waals surface area contributed by atoms with E-state index in [2.05, 4.69) is 0 Å². The van der Waals surface area contributed by atoms with E-state index in [1.165, 1.54) is 12.1 Å². The van der Waals surface area contributed by atoms with Crippen molar-refractivity contribution >= 4 is 16.1 Å². The average Bonchev–Trinajstić information content (AvgIpc) is 2.15. The Morgan fingerprint density at radius 1 is 1.38 bits per heavy atom. The summed E-state index contributed by atoms with van der Waals surface area (Å²) < 4.78 is 30.4. The van der Waals surface area contributed by atoms with Crippen LogP contribution in [0, 0.1) is 0 Å². The number of aryl methyl sites for hydroxylation is 1. The third-order valence-electron chi connectivity index (χ3n) is 1.91. The molecular weight excluding hydrogens is 243 g/mol. The third kappa shape index (κ3) is 3.88. The van der Waals surface area contributed by atoms with Crippen molar-refractivity contribution in [2.24, 2.45) is 0 Å². The van der Waals surface area contributed by atoms with Crippen LogP contribution in [0.1, 0.15) is 22.8 Å². The largest absolute Gasteiger partial charge is 1.00 e. The number of carbonyl (C=O) groups excluding carboxylic acids is 1. The normalized spacial score (nSPS) is 10.6. The summed E-state index contributed by atoms with van der Waals surface area (Å²) >= 11 is 0. The maximum Gasteiger partial charge on any atom is 1.00 e. The van der Waals surface area contributed by atoms with Crippen LogP contribution >= 0.6 is 0 Å². The molecule has 0 aliphatic rings.